The standard InChI is InChI=1S/C12H12F3NO2/c13-12(14,15)7-4-9(11(17)18)8(10(16)5-7)3-6-1-2-6/h3-6,9H,1-2,16H2,(H,17,18). The highest BCUT2D eigenvalue weighted by Gasteiger charge is 2.38. The second kappa shape index (κ2) is 4.19. The quantitative estimate of drug-likeness (QED) is 0.800. The fourth-order valence-corrected chi connectivity index (χ4v) is 1.85. The van der Waals surface area contributed by atoms with E-state index in [2.05, 4.69) is 0 Å². The lowest BCUT2D eigenvalue weighted by atomic mass is 9.87. The first kappa shape index (κ1) is 12.7. The highest BCUT2D eigenvalue weighted by Crippen LogP contribution is 2.39. The number of allylic oxidation sites excluding steroid dienone is 4. The lowest BCUT2D eigenvalue weighted by molar-refractivity contribution is -0.139. The topological polar surface area (TPSA) is 63.3 Å². The normalized spacial score (nSPS) is 26.8. The summed E-state index contributed by atoms with van der Waals surface area (Å²) < 4.78 is 37.7. The summed E-state index contributed by atoms with van der Waals surface area (Å²) in [5.74, 6) is -2.39. The monoisotopic (exact) mass is 259 g/mol. The molecule has 2 aliphatic rings. The summed E-state index contributed by atoms with van der Waals surface area (Å²) in [4.78, 5) is 11.0. The Hall–Kier alpha value is -1.72. The van der Waals surface area contributed by atoms with Gasteiger partial charge in [0.1, 0.15) is 5.92 Å². The molecule has 98 valence electrons. The Balaban J connectivity index is 2.39. The molecule has 1 unspecified atom stereocenters. The van der Waals surface area contributed by atoms with Crippen LogP contribution < -0.4 is 5.73 Å². The van der Waals surface area contributed by atoms with Crippen molar-refractivity contribution in [2.45, 2.75) is 19.0 Å². The van der Waals surface area contributed by atoms with Crippen LogP contribution in [-0.2, 0) is 4.79 Å². The van der Waals surface area contributed by atoms with Gasteiger partial charge in [-0.05, 0) is 30.4 Å². The summed E-state index contributed by atoms with van der Waals surface area (Å²) in [6.45, 7) is 0. The number of nitrogens with two attached hydrogens (primary N) is 1. The summed E-state index contributed by atoms with van der Waals surface area (Å²) >= 11 is 0. The minimum absolute atomic E-state index is 0.107. The summed E-state index contributed by atoms with van der Waals surface area (Å²) in [5, 5.41) is 9.01. The van der Waals surface area contributed by atoms with Gasteiger partial charge in [-0.25, -0.2) is 0 Å². The van der Waals surface area contributed by atoms with E-state index in [4.69, 9.17) is 10.8 Å². The Morgan fingerprint density at radius 2 is 2.06 bits per heavy atom. The van der Waals surface area contributed by atoms with Crippen LogP contribution in [0.5, 0.6) is 0 Å². The van der Waals surface area contributed by atoms with Crippen LogP contribution in [-0.4, -0.2) is 17.3 Å². The number of hydrogen-bond acceptors (Lipinski definition) is 2. The molecule has 0 amide bonds. The number of aliphatic carboxylic acids is 1. The van der Waals surface area contributed by atoms with Gasteiger partial charge in [-0.15, -0.1) is 0 Å². The summed E-state index contributed by atoms with van der Waals surface area (Å²) in [7, 11) is 0. The van der Waals surface area contributed by atoms with Crippen LogP contribution >= 0.6 is 0 Å². The van der Waals surface area contributed by atoms with E-state index < -0.39 is 23.6 Å². The predicted octanol–water partition coefficient (Wildman–Crippen LogP) is 2.37. The molecular formula is C12H12F3NO2. The number of alkyl halides is 3. The number of hydrogen-bond donors (Lipinski definition) is 2. The molecule has 0 aliphatic heterocycles. The highest BCUT2D eigenvalue weighted by molar-refractivity contribution is 5.79. The summed E-state index contributed by atoms with van der Waals surface area (Å²) in [6, 6.07) is 0. The van der Waals surface area contributed by atoms with Crippen LogP contribution in [0.2, 0.25) is 0 Å². The van der Waals surface area contributed by atoms with Crippen molar-refractivity contribution in [3.8, 4) is 0 Å². The van der Waals surface area contributed by atoms with Crippen molar-refractivity contribution in [1.29, 1.82) is 0 Å². The van der Waals surface area contributed by atoms with Crippen LogP contribution in [0.25, 0.3) is 0 Å². The predicted molar refractivity (Wildman–Crippen MR) is 58.3 cm³/mol. The van der Waals surface area contributed by atoms with E-state index in [9.17, 15) is 18.0 Å². The first-order chi connectivity index (χ1) is 8.29. The Bertz CT molecular complexity index is 470. The van der Waals surface area contributed by atoms with E-state index in [-0.39, 0.29) is 17.2 Å². The summed E-state index contributed by atoms with van der Waals surface area (Å²) in [6.07, 6.45) is 0.468. The van der Waals surface area contributed by atoms with Crippen molar-refractivity contribution < 1.29 is 23.1 Å². The van der Waals surface area contributed by atoms with E-state index in [1.54, 1.807) is 6.08 Å². The Morgan fingerprint density at radius 3 is 2.50 bits per heavy atom. The molecule has 0 aromatic rings. The molecule has 0 aromatic carbocycles. The van der Waals surface area contributed by atoms with Crippen LogP contribution in [0.3, 0.4) is 0 Å². The van der Waals surface area contributed by atoms with Gasteiger partial charge in [-0.3, -0.25) is 4.79 Å². The van der Waals surface area contributed by atoms with E-state index in [0.29, 0.717) is 6.08 Å². The van der Waals surface area contributed by atoms with Crippen LogP contribution in [0.15, 0.2) is 35.1 Å². The number of carbonyl (C=O) groups is 1. The Kier molecular flexibility index (Phi) is 2.96. The molecule has 2 rings (SSSR count). The zero-order valence-electron chi connectivity index (χ0n) is 9.37. The van der Waals surface area contributed by atoms with Gasteiger partial charge in [-0.2, -0.15) is 13.2 Å². The number of carboxylic acids is 1. The lowest BCUT2D eigenvalue weighted by Crippen LogP contribution is -2.25. The third kappa shape index (κ3) is 2.57. The van der Waals surface area contributed by atoms with Crippen LogP contribution in [0.1, 0.15) is 12.8 Å². The lowest BCUT2D eigenvalue weighted by Gasteiger charge is -2.21. The van der Waals surface area contributed by atoms with Crippen molar-refractivity contribution in [3.63, 3.8) is 0 Å². The number of rotatable bonds is 2. The molecule has 6 heteroatoms. The van der Waals surface area contributed by atoms with Crippen molar-refractivity contribution in [2.24, 2.45) is 17.6 Å². The van der Waals surface area contributed by atoms with Gasteiger partial charge >= 0.3 is 12.1 Å². The van der Waals surface area contributed by atoms with Gasteiger partial charge < -0.3 is 10.8 Å². The SMILES string of the molecule is NC1=CC(C(F)(F)F)=CC(C(=O)O)C1=CC1CC1. The van der Waals surface area contributed by atoms with Gasteiger partial charge in [0, 0.05) is 5.70 Å². The van der Waals surface area contributed by atoms with Crippen molar-refractivity contribution in [1.82, 2.24) is 0 Å². The van der Waals surface area contributed by atoms with E-state index >= 15 is 0 Å². The van der Waals surface area contributed by atoms with Crippen molar-refractivity contribution in [3.05, 3.63) is 35.1 Å². The molecule has 1 atom stereocenters. The number of halogens is 3. The minimum atomic E-state index is -4.58. The number of carboxylic acid groups (broad SMARTS) is 1. The maximum Gasteiger partial charge on any atom is 0.416 e. The third-order valence-electron chi connectivity index (χ3n) is 2.96. The molecule has 0 spiro atoms. The first-order valence-corrected chi connectivity index (χ1v) is 5.50. The molecule has 0 bridgehead atoms. The Labute approximate surface area is 101 Å². The molecule has 1 saturated carbocycles. The molecule has 0 radical (unpaired) electrons. The minimum Gasteiger partial charge on any atom is -0.481 e. The van der Waals surface area contributed by atoms with Gasteiger partial charge in [0.15, 0.2) is 0 Å². The van der Waals surface area contributed by atoms with E-state index in [1.807, 2.05) is 0 Å². The molecule has 0 heterocycles. The maximum atomic E-state index is 12.6. The van der Waals surface area contributed by atoms with Gasteiger partial charge in [0.2, 0.25) is 0 Å². The summed E-state index contributed by atoms with van der Waals surface area (Å²) in [5.41, 5.74) is 4.73. The molecule has 0 saturated heterocycles. The smallest absolute Gasteiger partial charge is 0.416 e. The van der Waals surface area contributed by atoms with Crippen LogP contribution in [0.4, 0.5) is 13.2 Å². The average Bonchev–Trinajstić information content (AvgIpc) is 3.02. The van der Waals surface area contributed by atoms with Gasteiger partial charge in [0.05, 0.1) is 5.57 Å². The molecule has 3 N–H and O–H groups in total. The molecule has 3 nitrogen and oxygen atoms in total. The fraction of sp³-hybridized carbons (Fsp3) is 0.417. The van der Waals surface area contributed by atoms with Crippen molar-refractivity contribution in [2.75, 3.05) is 0 Å². The van der Waals surface area contributed by atoms with Gasteiger partial charge in [0.25, 0.3) is 0 Å². The molecule has 0 aromatic heterocycles. The highest BCUT2D eigenvalue weighted by atomic mass is 19.4. The van der Waals surface area contributed by atoms with E-state index in [1.165, 1.54) is 0 Å². The molecule has 1 fully saturated rings. The molecular weight excluding hydrogens is 247 g/mol. The second-order valence-corrected chi connectivity index (χ2v) is 4.49. The first-order valence-electron chi connectivity index (χ1n) is 5.50. The fourth-order valence-electron chi connectivity index (χ4n) is 1.85. The van der Waals surface area contributed by atoms with Gasteiger partial charge in [-0.1, -0.05) is 12.2 Å². The average molecular weight is 259 g/mol. The molecule has 2 aliphatic carbocycles. The second-order valence-electron chi connectivity index (χ2n) is 4.49. The van der Waals surface area contributed by atoms with Crippen molar-refractivity contribution >= 4 is 5.97 Å². The zero-order chi connectivity index (χ0) is 13.5. The van der Waals surface area contributed by atoms with Crippen LogP contribution in [0, 0.1) is 11.8 Å². The Morgan fingerprint density at radius 1 is 1.44 bits per heavy atom. The molecule has 18 heavy (non-hydrogen) atoms. The maximum absolute atomic E-state index is 12.6. The largest absolute Gasteiger partial charge is 0.481 e. The zero-order valence-corrected chi connectivity index (χ0v) is 9.37. The van der Waals surface area contributed by atoms with E-state index in [0.717, 1.165) is 18.9 Å². The third-order valence-corrected chi connectivity index (χ3v) is 2.96.